The van der Waals surface area contributed by atoms with E-state index < -0.39 is 0 Å². The van der Waals surface area contributed by atoms with Gasteiger partial charge in [0, 0.05) is 61.1 Å². The van der Waals surface area contributed by atoms with E-state index in [2.05, 4.69) is 145 Å². The molecular weight excluding hydrogens is 803 g/mol. The zero-order chi connectivity index (χ0) is 35.2. The minimum Gasteiger partial charge on any atom is -0.506 e. The number of rotatable bonds is 3. The molecule has 5 heteroatoms. The van der Waals surface area contributed by atoms with Crippen molar-refractivity contribution in [3.63, 3.8) is 0 Å². The molecule has 0 aliphatic carbocycles. The van der Waals surface area contributed by atoms with E-state index in [4.69, 9.17) is 14.4 Å². The summed E-state index contributed by atoms with van der Waals surface area (Å²) in [7, 11) is 0. The predicted molar refractivity (Wildman–Crippen MR) is 207 cm³/mol. The van der Waals surface area contributed by atoms with Gasteiger partial charge >= 0.3 is 0 Å². The molecule has 0 bridgehead atoms. The Labute approximate surface area is 314 Å². The quantitative estimate of drug-likeness (QED) is 0.166. The van der Waals surface area contributed by atoms with Crippen LogP contribution in [0.25, 0.3) is 66.3 Å². The van der Waals surface area contributed by atoms with Gasteiger partial charge in [0.2, 0.25) is 0 Å². The van der Waals surface area contributed by atoms with Crippen LogP contribution in [0.15, 0.2) is 108 Å². The summed E-state index contributed by atoms with van der Waals surface area (Å²) in [4.78, 5) is 14.2. The van der Waals surface area contributed by atoms with Crippen LogP contribution < -0.4 is 0 Å². The maximum absolute atomic E-state index is 5.82. The number of aromatic nitrogens is 3. The molecule has 0 aliphatic rings. The normalized spacial score (nSPS) is 11.4. The van der Waals surface area contributed by atoms with Gasteiger partial charge in [-0.3, -0.25) is 9.97 Å². The topological polar surface area (TPSA) is 51.8 Å². The number of fused-ring (bicyclic) bond motifs is 4. The van der Waals surface area contributed by atoms with Crippen LogP contribution in [0.5, 0.6) is 0 Å². The van der Waals surface area contributed by atoms with Gasteiger partial charge in [0.25, 0.3) is 0 Å². The number of pyridine rings is 3. The monoisotopic (exact) mass is 844 g/mol. The standard InChI is InChI=1S/C31H25N2O.C15H16N.Ir/c1-19-6-5-7-22-16-20(8-9-24(19)22)21-12-14-32-27(18-21)26-17-23-13-15-34-30(23)29-25(26)10-11-28(33-29)31(2,3)4;1-10-5-6-14(7-11(10)2)15-8-12(3)13(4)9-16-15;/h5-16,18H,1-4H3;5,7-9H,1-4H3;/q2*-1;. The van der Waals surface area contributed by atoms with E-state index in [1.54, 1.807) is 6.26 Å². The van der Waals surface area contributed by atoms with Gasteiger partial charge in [0.05, 0.1) is 5.58 Å². The summed E-state index contributed by atoms with van der Waals surface area (Å²) in [5.74, 6) is 0. The number of aryl methyl sites for hydroxylation is 5. The van der Waals surface area contributed by atoms with Gasteiger partial charge in [-0.25, -0.2) is 0 Å². The third-order valence-corrected chi connectivity index (χ3v) is 9.60. The van der Waals surface area contributed by atoms with Gasteiger partial charge in [-0.05, 0) is 77.7 Å². The van der Waals surface area contributed by atoms with Gasteiger partial charge in [0.15, 0.2) is 0 Å². The number of hydrogen-bond acceptors (Lipinski definition) is 4. The van der Waals surface area contributed by atoms with Crippen molar-refractivity contribution in [2.45, 2.75) is 60.8 Å². The Bertz CT molecular complexity index is 2490. The fourth-order valence-electron chi connectivity index (χ4n) is 6.21. The summed E-state index contributed by atoms with van der Waals surface area (Å²) in [5.41, 5.74) is 15.1. The van der Waals surface area contributed by atoms with Crippen LogP contribution in [0.3, 0.4) is 0 Å². The molecule has 257 valence electrons. The van der Waals surface area contributed by atoms with Crippen molar-refractivity contribution in [1.29, 1.82) is 0 Å². The summed E-state index contributed by atoms with van der Waals surface area (Å²) in [6, 6.07) is 36.6. The molecule has 0 amide bonds. The van der Waals surface area contributed by atoms with Crippen LogP contribution in [0.2, 0.25) is 0 Å². The van der Waals surface area contributed by atoms with Crippen molar-refractivity contribution in [2.75, 3.05) is 0 Å². The van der Waals surface area contributed by atoms with Crippen LogP contribution >= 0.6 is 0 Å². The molecule has 1 radical (unpaired) electrons. The molecule has 0 aliphatic heterocycles. The SMILES string of the molecule is Cc1c[c-]c(-c2cc(C)c(C)cn2)cc1C.Cc1cccc2cc(-c3ccnc(-c4[c-]c5ccoc5c5nc(C(C)(C)C)ccc45)c3)ccc12.[Ir]. The molecule has 0 unspecified atom stereocenters. The molecule has 0 spiro atoms. The first-order valence-electron chi connectivity index (χ1n) is 17.1. The van der Waals surface area contributed by atoms with Crippen LogP contribution in [0.1, 0.15) is 54.3 Å². The van der Waals surface area contributed by atoms with Crippen molar-refractivity contribution >= 4 is 32.6 Å². The second-order valence-electron chi connectivity index (χ2n) is 14.3. The second-order valence-corrected chi connectivity index (χ2v) is 14.3. The summed E-state index contributed by atoms with van der Waals surface area (Å²) in [6.07, 6.45) is 5.51. The average Bonchev–Trinajstić information content (AvgIpc) is 3.59. The maximum atomic E-state index is 5.82. The summed E-state index contributed by atoms with van der Waals surface area (Å²) >= 11 is 0. The molecule has 51 heavy (non-hydrogen) atoms. The van der Waals surface area contributed by atoms with Crippen LogP contribution in [0.4, 0.5) is 0 Å². The predicted octanol–water partition coefficient (Wildman–Crippen LogP) is 12.0. The van der Waals surface area contributed by atoms with Crippen molar-refractivity contribution in [1.82, 2.24) is 15.0 Å². The first-order chi connectivity index (χ1) is 24.0. The summed E-state index contributed by atoms with van der Waals surface area (Å²) < 4.78 is 5.82. The zero-order valence-electron chi connectivity index (χ0n) is 30.4. The molecule has 0 fully saturated rings. The van der Waals surface area contributed by atoms with E-state index in [9.17, 15) is 0 Å². The minimum absolute atomic E-state index is 0. The minimum atomic E-state index is -0.0561. The van der Waals surface area contributed by atoms with Gasteiger partial charge in [0.1, 0.15) is 0 Å². The van der Waals surface area contributed by atoms with E-state index in [0.29, 0.717) is 0 Å². The molecule has 4 aromatic carbocycles. The Hall–Kier alpha value is -4.96. The largest absolute Gasteiger partial charge is 0.506 e. The molecule has 4 aromatic heterocycles. The van der Waals surface area contributed by atoms with Gasteiger partial charge in [-0.2, -0.15) is 0 Å². The molecule has 0 saturated heterocycles. The van der Waals surface area contributed by atoms with Gasteiger partial charge in [-0.15, -0.1) is 41.0 Å². The van der Waals surface area contributed by atoms with Crippen molar-refractivity contribution in [3.8, 4) is 33.6 Å². The van der Waals surface area contributed by atoms with E-state index in [-0.39, 0.29) is 25.5 Å². The number of furan rings is 1. The Kier molecular flexibility index (Phi) is 10.1. The molecule has 0 atom stereocenters. The first-order valence-corrected chi connectivity index (χ1v) is 17.1. The Balaban J connectivity index is 0.000000222. The van der Waals surface area contributed by atoms with E-state index >= 15 is 0 Å². The Morgan fingerprint density at radius 3 is 2.20 bits per heavy atom. The third kappa shape index (κ3) is 7.28. The first kappa shape index (κ1) is 35.9. The maximum Gasteiger partial charge on any atom is 0.0847 e. The van der Waals surface area contributed by atoms with E-state index in [1.165, 1.54) is 44.2 Å². The van der Waals surface area contributed by atoms with Crippen molar-refractivity contribution < 1.29 is 24.5 Å². The van der Waals surface area contributed by atoms with Crippen LogP contribution in [0, 0.1) is 46.8 Å². The average molecular weight is 844 g/mol. The fourth-order valence-corrected chi connectivity index (χ4v) is 6.21. The molecule has 4 nitrogen and oxygen atoms in total. The van der Waals surface area contributed by atoms with Crippen molar-refractivity contribution in [3.05, 3.63) is 149 Å². The van der Waals surface area contributed by atoms with E-state index in [1.807, 2.05) is 24.5 Å². The Morgan fingerprint density at radius 1 is 0.667 bits per heavy atom. The smallest absolute Gasteiger partial charge is 0.0847 e. The third-order valence-electron chi connectivity index (χ3n) is 9.60. The summed E-state index contributed by atoms with van der Waals surface area (Å²) in [6.45, 7) is 17.1. The molecule has 0 N–H and O–H groups in total. The van der Waals surface area contributed by atoms with Gasteiger partial charge in [-0.1, -0.05) is 111 Å². The van der Waals surface area contributed by atoms with E-state index in [0.717, 1.165) is 55.6 Å². The Morgan fingerprint density at radius 2 is 1.43 bits per heavy atom. The zero-order valence-corrected chi connectivity index (χ0v) is 32.8. The second kappa shape index (κ2) is 14.3. The molecular formula is C46H41IrN3O-2. The number of nitrogens with zero attached hydrogens (tertiary/aromatic N) is 3. The van der Waals surface area contributed by atoms with Gasteiger partial charge < -0.3 is 9.40 Å². The van der Waals surface area contributed by atoms with Crippen molar-refractivity contribution in [2.24, 2.45) is 0 Å². The van der Waals surface area contributed by atoms with Crippen LogP contribution in [-0.4, -0.2) is 15.0 Å². The number of hydrogen-bond donors (Lipinski definition) is 0. The molecule has 8 rings (SSSR count). The fraction of sp³-hybridized carbons (Fsp3) is 0.196. The molecule has 4 heterocycles. The summed E-state index contributed by atoms with van der Waals surface area (Å²) in [5, 5.41) is 4.43. The molecule has 8 aromatic rings. The van der Waals surface area contributed by atoms with Crippen LogP contribution in [-0.2, 0) is 25.5 Å². The molecule has 0 saturated carbocycles. The number of benzene rings is 4.